The Balaban J connectivity index is 1.78. The standard InChI is InChI=1S/C18H24N2O/c1-15-7-3-4-10-18(15)20(2)11-6-12-21-17-9-5-8-16(13-17)14-19/h3-5,7-10,13H,6,11-12,14,19H2,1-2H3. The summed E-state index contributed by atoms with van der Waals surface area (Å²) in [5.74, 6) is 0.900. The summed E-state index contributed by atoms with van der Waals surface area (Å²) < 4.78 is 5.78. The number of hydrogen-bond donors (Lipinski definition) is 1. The van der Waals surface area contributed by atoms with Gasteiger partial charge in [0.2, 0.25) is 0 Å². The first-order chi connectivity index (χ1) is 10.2. The molecule has 2 rings (SSSR count). The summed E-state index contributed by atoms with van der Waals surface area (Å²) in [5.41, 5.74) is 9.31. The molecular weight excluding hydrogens is 260 g/mol. The van der Waals surface area contributed by atoms with E-state index < -0.39 is 0 Å². The van der Waals surface area contributed by atoms with Crippen LogP contribution in [0.25, 0.3) is 0 Å². The smallest absolute Gasteiger partial charge is 0.119 e. The van der Waals surface area contributed by atoms with Crippen LogP contribution >= 0.6 is 0 Å². The van der Waals surface area contributed by atoms with Gasteiger partial charge in [-0.25, -0.2) is 0 Å². The second kappa shape index (κ2) is 7.70. The molecule has 3 heteroatoms. The molecule has 0 heterocycles. The van der Waals surface area contributed by atoms with Gasteiger partial charge in [0.05, 0.1) is 6.61 Å². The summed E-state index contributed by atoms with van der Waals surface area (Å²) in [7, 11) is 2.12. The Morgan fingerprint density at radius 1 is 1.10 bits per heavy atom. The van der Waals surface area contributed by atoms with Crippen LogP contribution in [0.3, 0.4) is 0 Å². The number of nitrogens with zero attached hydrogens (tertiary/aromatic N) is 1. The van der Waals surface area contributed by atoms with Gasteiger partial charge >= 0.3 is 0 Å². The summed E-state index contributed by atoms with van der Waals surface area (Å²) in [6.07, 6.45) is 0.984. The Labute approximate surface area is 127 Å². The van der Waals surface area contributed by atoms with Crippen molar-refractivity contribution in [1.82, 2.24) is 0 Å². The molecule has 0 aliphatic rings. The monoisotopic (exact) mass is 284 g/mol. The van der Waals surface area contributed by atoms with E-state index in [0.717, 1.165) is 24.3 Å². The van der Waals surface area contributed by atoms with E-state index in [4.69, 9.17) is 10.5 Å². The van der Waals surface area contributed by atoms with Crippen molar-refractivity contribution in [3.05, 3.63) is 59.7 Å². The van der Waals surface area contributed by atoms with Gasteiger partial charge in [-0.2, -0.15) is 0 Å². The third-order valence-electron chi connectivity index (χ3n) is 3.57. The van der Waals surface area contributed by atoms with E-state index >= 15 is 0 Å². The van der Waals surface area contributed by atoms with E-state index in [-0.39, 0.29) is 0 Å². The quantitative estimate of drug-likeness (QED) is 0.792. The van der Waals surface area contributed by atoms with Gasteiger partial charge in [0, 0.05) is 25.8 Å². The zero-order valence-corrected chi connectivity index (χ0v) is 12.9. The molecule has 0 saturated carbocycles. The Bertz CT molecular complexity index is 569. The summed E-state index contributed by atoms with van der Waals surface area (Å²) in [4.78, 5) is 2.27. The molecule has 0 aliphatic carbocycles. The second-order valence-corrected chi connectivity index (χ2v) is 5.26. The molecule has 0 aliphatic heterocycles. The minimum Gasteiger partial charge on any atom is -0.494 e. The van der Waals surface area contributed by atoms with Crippen molar-refractivity contribution in [3.63, 3.8) is 0 Å². The number of ether oxygens (including phenoxy) is 1. The lowest BCUT2D eigenvalue weighted by Crippen LogP contribution is -2.21. The third-order valence-corrected chi connectivity index (χ3v) is 3.57. The molecule has 2 N–H and O–H groups in total. The van der Waals surface area contributed by atoms with Crippen molar-refractivity contribution in [2.45, 2.75) is 19.9 Å². The Morgan fingerprint density at radius 3 is 2.67 bits per heavy atom. The maximum absolute atomic E-state index is 5.78. The highest BCUT2D eigenvalue weighted by Gasteiger charge is 2.03. The highest BCUT2D eigenvalue weighted by Crippen LogP contribution is 2.18. The molecule has 0 amide bonds. The zero-order chi connectivity index (χ0) is 15.1. The Hall–Kier alpha value is -2.00. The molecule has 3 nitrogen and oxygen atoms in total. The van der Waals surface area contributed by atoms with E-state index in [1.54, 1.807) is 0 Å². The van der Waals surface area contributed by atoms with Crippen molar-refractivity contribution in [2.24, 2.45) is 5.73 Å². The number of benzene rings is 2. The highest BCUT2D eigenvalue weighted by molar-refractivity contribution is 5.52. The van der Waals surface area contributed by atoms with Gasteiger partial charge in [-0.1, -0.05) is 30.3 Å². The molecular formula is C18H24N2O. The lowest BCUT2D eigenvalue weighted by molar-refractivity contribution is 0.312. The normalized spacial score (nSPS) is 10.4. The van der Waals surface area contributed by atoms with Gasteiger partial charge in [0.25, 0.3) is 0 Å². The van der Waals surface area contributed by atoms with E-state index in [2.05, 4.69) is 43.1 Å². The summed E-state index contributed by atoms with van der Waals surface area (Å²) in [6.45, 7) is 4.37. The van der Waals surface area contributed by atoms with Gasteiger partial charge < -0.3 is 15.4 Å². The average molecular weight is 284 g/mol. The van der Waals surface area contributed by atoms with Crippen LogP contribution in [-0.2, 0) is 6.54 Å². The molecule has 0 fully saturated rings. The van der Waals surface area contributed by atoms with Gasteiger partial charge in [-0.3, -0.25) is 0 Å². The number of para-hydroxylation sites is 1. The van der Waals surface area contributed by atoms with Crippen molar-refractivity contribution < 1.29 is 4.74 Å². The maximum Gasteiger partial charge on any atom is 0.119 e. The highest BCUT2D eigenvalue weighted by atomic mass is 16.5. The van der Waals surface area contributed by atoms with Crippen LogP contribution in [-0.4, -0.2) is 20.2 Å². The molecule has 0 atom stereocenters. The van der Waals surface area contributed by atoms with Crippen LogP contribution in [0.1, 0.15) is 17.5 Å². The molecule has 0 bridgehead atoms. The summed E-state index contributed by atoms with van der Waals surface area (Å²) in [5, 5.41) is 0. The van der Waals surface area contributed by atoms with E-state index in [1.165, 1.54) is 11.3 Å². The molecule has 112 valence electrons. The Kier molecular flexibility index (Phi) is 5.64. The SMILES string of the molecule is Cc1ccccc1N(C)CCCOc1cccc(CN)c1. The molecule has 21 heavy (non-hydrogen) atoms. The number of anilines is 1. The van der Waals surface area contributed by atoms with Crippen LogP contribution in [0.4, 0.5) is 5.69 Å². The topological polar surface area (TPSA) is 38.5 Å². The molecule has 0 spiro atoms. The van der Waals surface area contributed by atoms with Gasteiger partial charge in [-0.05, 0) is 42.7 Å². The van der Waals surface area contributed by atoms with Crippen molar-refractivity contribution in [1.29, 1.82) is 0 Å². The Morgan fingerprint density at radius 2 is 1.90 bits per heavy atom. The van der Waals surface area contributed by atoms with Crippen LogP contribution < -0.4 is 15.4 Å². The number of aryl methyl sites for hydroxylation is 1. The molecule has 0 saturated heterocycles. The molecule has 2 aromatic rings. The molecule has 0 radical (unpaired) electrons. The van der Waals surface area contributed by atoms with Crippen LogP contribution in [0.5, 0.6) is 5.75 Å². The second-order valence-electron chi connectivity index (χ2n) is 5.26. The predicted octanol–water partition coefficient (Wildman–Crippen LogP) is 3.36. The zero-order valence-electron chi connectivity index (χ0n) is 12.9. The predicted molar refractivity (Wildman–Crippen MR) is 88.9 cm³/mol. The fourth-order valence-electron chi connectivity index (χ4n) is 2.37. The first-order valence-electron chi connectivity index (χ1n) is 7.39. The van der Waals surface area contributed by atoms with Crippen molar-refractivity contribution in [2.75, 3.05) is 25.1 Å². The van der Waals surface area contributed by atoms with Crippen molar-refractivity contribution in [3.8, 4) is 5.75 Å². The fraction of sp³-hybridized carbons (Fsp3) is 0.333. The van der Waals surface area contributed by atoms with Gasteiger partial charge in [0.1, 0.15) is 5.75 Å². The fourth-order valence-corrected chi connectivity index (χ4v) is 2.37. The summed E-state index contributed by atoms with van der Waals surface area (Å²) >= 11 is 0. The van der Waals surface area contributed by atoms with E-state index in [9.17, 15) is 0 Å². The molecule has 2 aromatic carbocycles. The van der Waals surface area contributed by atoms with Crippen LogP contribution in [0.2, 0.25) is 0 Å². The minimum atomic E-state index is 0.549. The van der Waals surface area contributed by atoms with Gasteiger partial charge in [0.15, 0.2) is 0 Å². The lowest BCUT2D eigenvalue weighted by Gasteiger charge is -2.21. The molecule has 0 unspecified atom stereocenters. The number of rotatable bonds is 7. The van der Waals surface area contributed by atoms with Crippen LogP contribution in [0.15, 0.2) is 48.5 Å². The number of hydrogen-bond acceptors (Lipinski definition) is 3. The average Bonchev–Trinajstić information content (AvgIpc) is 2.52. The largest absolute Gasteiger partial charge is 0.494 e. The van der Waals surface area contributed by atoms with Crippen molar-refractivity contribution >= 4 is 5.69 Å². The van der Waals surface area contributed by atoms with E-state index in [0.29, 0.717) is 13.2 Å². The van der Waals surface area contributed by atoms with Gasteiger partial charge in [-0.15, -0.1) is 0 Å². The third kappa shape index (κ3) is 4.50. The summed E-state index contributed by atoms with van der Waals surface area (Å²) in [6, 6.07) is 16.4. The number of nitrogens with two attached hydrogens (primary N) is 1. The van der Waals surface area contributed by atoms with Crippen LogP contribution in [0, 0.1) is 6.92 Å². The first-order valence-corrected chi connectivity index (χ1v) is 7.39. The lowest BCUT2D eigenvalue weighted by atomic mass is 10.2. The molecule has 0 aromatic heterocycles. The minimum absolute atomic E-state index is 0.549. The first kappa shape index (κ1) is 15.4. The maximum atomic E-state index is 5.78. The van der Waals surface area contributed by atoms with E-state index in [1.807, 2.05) is 24.3 Å².